The van der Waals surface area contributed by atoms with Gasteiger partial charge in [0.05, 0.1) is 15.6 Å². The summed E-state index contributed by atoms with van der Waals surface area (Å²) >= 11 is 9.19. The van der Waals surface area contributed by atoms with Crippen LogP contribution in [0.2, 0.25) is 5.02 Å². The molecule has 6 heteroatoms. The van der Waals surface area contributed by atoms with Gasteiger partial charge in [0.1, 0.15) is 0 Å². The predicted molar refractivity (Wildman–Crippen MR) is 81.1 cm³/mol. The van der Waals surface area contributed by atoms with Crippen molar-refractivity contribution in [1.29, 1.82) is 0 Å². The number of hydrogen-bond donors (Lipinski definition) is 1. The van der Waals surface area contributed by atoms with E-state index in [1.54, 1.807) is 49.4 Å². The van der Waals surface area contributed by atoms with Crippen LogP contribution in [0, 0.1) is 6.92 Å². The molecule has 100 valence electrons. The van der Waals surface area contributed by atoms with E-state index >= 15 is 0 Å². The molecule has 0 aromatic heterocycles. The zero-order chi connectivity index (χ0) is 14.0. The van der Waals surface area contributed by atoms with Gasteiger partial charge in [0.2, 0.25) is 0 Å². The van der Waals surface area contributed by atoms with E-state index in [2.05, 4.69) is 20.7 Å². The zero-order valence-electron chi connectivity index (χ0n) is 10.0. The van der Waals surface area contributed by atoms with Crippen LogP contribution < -0.4 is 4.72 Å². The maximum absolute atomic E-state index is 12.3. The van der Waals surface area contributed by atoms with Crippen LogP contribution in [0.25, 0.3) is 0 Å². The van der Waals surface area contributed by atoms with Crippen LogP contribution in [0.15, 0.2) is 51.8 Å². The van der Waals surface area contributed by atoms with Crippen molar-refractivity contribution < 1.29 is 8.42 Å². The lowest BCUT2D eigenvalue weighted by atomic mass is 10.2. The van der Waals surface area contributed by atoms with Gasteiger partial charge < -0.3 is 0 Å². The highest BCUT2D eigenvalue weighted by Gasteiger charge is 2.16. The summed E-state index contributed by atoms with van der Waals surface area (Å²) in [7, 11) is -3.60. The van der Waals surface area contributed by atoms with E-state index in [0.717, 1.165) is 0 Å². The molecule has 0 bridgehead atoms. The summed E-state index contributed by atoms with van der Waals surface area (Å²) in [6.45, 7) is 1.75. The Labute approximate surface area is 125 Å². The third-order valence-electron chi connectivity index (χ3n) is 2.55. The molecule has 1 N–H and O–H groups in total. The van der Waals surface area contributed by atoms with E-state index in [9.17, 15) is 8.42 Å². The van der Waals surface area contributed by atoms with E-state index < -0.39 is 10.0 Å². The second-order valence-corrected chi connectivity index (χ2v) is 6.91. The number of nitrogens with one attached hydrogen (secondary N) is 1. The molecule has 0 spiro atoms. The van der Waals surface area contributed by atoms with E-state index in [-0.39, 0.29) is 4.90 Å². The number of anilines is 1. The fourth-order valence-electron chi connectivity index (χ4n) is 1.63. The van der Waals surface area contributed by atoms with Crippen molar-refractivity contribution in [3.63, 3.8) is 0 Å². The number of halogens is 2. The minimum Gasteiger partial charge on any atom is -0.280 e. The number of sulfonamides is 1. The average molecular weight is 361 g/mol. The summed E-state index contributed by atoms with van der Waals surface area (Å²) in [4.78, 5) is 0.258. The van der Waals surface area contributed by atoms with Gasteiger partial charge in [-0.05, 0) is 52.7 Å². The van der Waals surface area contributed by atoms with Gasteiger partial charge in [-0.2, -0.15) is 0 Å². The van der Waals surface area contributed by atoms with Crippen LogP contribution in [0.5, 0.6) is 0 Å². The summed E-state index contributed by atoms with van der Waals surface area (Å²) in [6, 6.07) is 11.7. The Hall–Kier alpha value is -1.04. The lowest BCUT2D eigenvalue weighted by molar-refractivity contribution is 0.600. The third-order valence-corrected chi connectivity index (χ3v) is 5.33. The van der Waals surface area contributed by atoms with Gasteiger partial charge in [0.15, 0.2) is 0 Å². The molecule has 0 atom stereocenters. The van der Waals surface area contributed by atoms with Gasteiger partial charge >= 0.3 is 0 Å². The second-order valence-electron chi connectivity index (χ2n) is 4.00. The first-order chi connectivity index (χ1) is 8.90. The molecule has 0 aliphatic heterocycles. The molecule has 0 saturated carbocycles. The highest BCUT2D eigenvalue weighted by atomic mass is 79.9. The van der Waals surface area contributed by atoms with Crippen LogP contribution in [0.1, 0.15) is 5.56 Å². The molecule has 0 radical (unpaired) electrons. The Morgan fingerprint density at radius 3 is 2.47 bits per heavy atom. The molecule has 2 rings (SSSR count). The van der Waals surface area contributed by atoms with E-state index in [1.165, 1.54) is 0 Å². The Morgan fingerprint density at radius 2 is 1.84 bits per heavy atom. The first-order valence-electron chi connectivity index (χ1n) is 5.43. The second kappa shape index (κ2) is 5.53. The molecule has 0 amide bonds. The van der Waals surface area contributed by atoms with Crippen molar-refractivity contribution >= 4 is 43.2 Å². The van der Waals surface area contributed by atoms with Gasteiger partial charge in [0, 0.05) is 4.47 Å². The van der Waals surface area contributed by atoms with Gasteiger partial charge in [-0.15, -0.1) is 0 Å². The summed E-state index contributed by atoms with van der Waals surface area (Å²) < 4.78 is 27.7. The number of benzene rings is 2. The molecule has 0 aliphatic carbocycles. The quantitative estimate of drug-likeness (QED) is 0.891. The molecular formula is C13H11BrClNO2S. The molecular weight excluding hydrogens is 350 g/mol. The summed E-state index contributed by atoms with van der Waals surface area (Å²) in [5, 5.41) is 0.449. The maximum atomic E-state index is 12.3. The number of rotatable bonds is 3. The molecule has 0 unspecified atom stereocenters. The van der Waals surface area contributed by atoms with Crippen molar-refractivity contribution in [3.8, 4) is 0 Å². The topological polar surface area (TPSA) is 46.2 Å². The lowest BCUT2D eigenvalue weighted by Crippen LogP contribution is -2.14. The molecule has 0 fully saturated rings. The van der Waals surface area contributed by atoms with Crippen molar-refractivity contribution in [2.24, 2.45) is 0 Å². The van der Waals surface area contributed by atoms with Crippen molar-refractivity contribution in [2.45, 2.75) is 11.8 Å². The van der Waals surface area contributed by atoms with Crippen LogP contribution >= 0.6 is 27.5 Å². The normalized spacial score (nSPS) is 11.3. The third kappa shape index (κ3) is 3.29. The highest BCUT2D eigenvalue weighted by molar-refractivity contribution is 9.10. The Morgan fingerprint density at radius 1 is 1.16 bits per heavy atom. The Bertz CT molecular complexity index is 716. The first kappa shape index (κ1) is 14.4. The zero-order valence-corrected chi connectivity index (χ0v) is 13.2. The van der Waals surface area contributed by atoms with Gasteiger partial charge in [0.25, 0.3) is 10.0 Å². The van der Waals surface area contributed by atoms with E-state index in [0.29, 0.717) is 20.7 Å². The molecule has 3 nitrogen and oxygen atoms in total. The predicted octanol–water partition coefficient (Wildman–Crippen LogP) is 4.21. The number of hydrogen-bond acceptors (Lipinski definition) is 2. The SMILES string of the molecule is Cc1ccccc1S(=O)(=O)Nc1ccc(Br)c(Cl)c1. The molecule has 0 heterocycles. The largest absolute Gasteiger partial charge is 0.280 e. The van der Waals surface area contributed by atoms with Gasteiger partial charge in [-0.3, -0.25) is 4.72 Å². The minimum absolute atomic E-state index is 0.258. The number of aryl methyl sites for hydroxylation is 1. The van der Waals surface area contributed by atoms with Gasteiger partial charge in [-0.1, -0.05) is 29.8 Å². The van der Waals surface area contributed by atoms with Crippen molar-refractivity contribution in [3.05, 3.63) is 57.5 Å². The Kier molecular flexibility index (Phi) is 4.18. The standard InChI is InChI=1S/C13H11BrClNO2S/c1-9-4-2-3-5-13(9)19(17,18)16-10-6-7-11(14)12(15)8-10/h2-8,16H,1H3. The molecule has 0 aliphatic rings. The van der Waals surface area contributed by atoms with Crippen LogP contribution in [-0.2, 0) is 10.0 Å². The fourth-order valence-corrected chi connectivity index (χ4v) is 3.35. The van der Waals surface area contributed by atoms with E-state index in [1.807, 2.05) is 0 Å². The molecule has 2 aromatic rings. The van der Waals surface area contributed by atoms with Crippen molar-refractivity contribution in [2.75, 3.05) is 4.72 Å². The Balaban J connectivity index is 2.37. The van der Waals surface area contributed by atoms with Gasteiger partial charge in [-0.25, -0.2) is 8.42 Å². The first-order valence-corrected chi connectivity index (χ1v) is 8.09. The smallest absolute Gasteiger partial charge is 0.262 e. The molecule has 0 saturated heterocycles. The monoisotopic (exact) mass is 359 g/mol. The fraction of sp³-hybridized carbons (Fsp3) is 0.0769. The van der Waals surface area contributed by atoms with Crippen LogP contribution in [-0.4, -0.2) is 8.42 Å². The van der Waals surface area contributed by atoms with Crippen LogP contribution in [0.3, 0.4) is 0 Å². The summed E-state index contributed by atoms with van der Waals surface area (Å²) in [6.07, 6.45) is 0. The van der Waals surface area contributed by atoms with Crippen molar-refractivity contribution in [1.82, 2.24) is 0 Å². The summed E-state index contributed by atoms with van der Waals surface area (Å²) in [5.41, 5.74) is 1.12. The molecule has 2 aromatic carbocycles. The minimum atomic E-state index is -3.60. The summed E-state index contributed by atoms with van der Waals surface area (Å²) in [5.74, 6) is 0. The molecule has 19 heavy (non-hydrogen) atoms. The maximum Gasteiger partial charge on any atom is 0.262 e. The average Bonchev–Trinajstić information content (AvgIpc) is 2.34. The highest BCUT2D eigenvalue weighted by Crippen LogP contribution is 2.27. The van der Waals surface area contributed by atoms with Crippen LogP contribution in [0.4, 0.5) is 5.69 Å². The lowest BCUT2D eigenvalue weighted by Gasteiger charge is -2.10. The van der Waals surface area contributed by atoms with E-state index in [4.69, 9.17) is 11.6 Å².